The van der Waals surface area contributed by atoms with Crippen LogP contribution in [0.4, 0.5) is 0 Å². The van der Waals surface area contributed by atoms with Crippen LogP contribution < -0.4 is 0 Å². The molecular formula is C12H20N2O. The third kappa shape index (κ3) is 2.70. The van der Waals surface area contributed by atoms with E-state index in [9.17, 15) is 5.11 Å². The maximum Gasteiger partial charge on any atom is 0.0644 e. The molecule has 0 aromatic rings. The maximum atomic E-state index is 9.83. The van der Waals surface area contributed by atoms with Gasteiger partial charge in [-0.15, -0.1) is 0 Å². The van der Waals surface area contributed by atoms with E-state index < -0.39 is 5.60 Å². The molecule has 0 unspecified atom stereocenters. The Morgan fingerprint density at radius 1 is 1.27 bits per heavy atom. The molecule has 3 nitrogen and oxygen atoms in total. The highest BCUT2D eigenvalue weighted by molar-refractivity contribution is 5.01. The molecule has 84 valence electrons. The fraction of sp³-hybridized carbons (Fsp3) is 0.917. The number of hydrogen-bond donors (Lipinski definition) is 1. The van der Waals surface area contributed by atoms with Crippen molar-refractivity contribution in [2.45, 2.75) is 44.6 Å². The van der Waals surface area contributed by atoms with Gasteiger partial charge >= 0.3 is 0 Å². The molecule has 1 N–H and O–H groups in total. The lowest BCUT2D eigenvalue weighted by atomic mass is 9.92. The zero-order valence-electron chi connectivity index (χ0n) is 9.50. The Kier molecular flexibility index (Phi) is 2.74. The van der Waals surface area contributed by atoms with E-state index in [1.54, 1.807) is 0 Å². The van der Waals surface area contributed by atoms with E-state index in [0.717, 1.165) is 32.5 Å². The topological polar surface area (TPSA) is 47.3 Å². The molecule has 1 saturated carbocycles. The summed E-state index contributed by atoms with van der Waals surface area (Å²) in [6.07, 6.45) is 4.88. The van der Waals surface area contributed by atoms with Gasteiger partial charge in [-0.05, 0) is 38.0 Å². The van der Waals surface area contributed by atoms with Crippen molar-refractivity contribution in [2.75, 3.05) is 19.6 Å². The first kappa shape index (κ1) is 10.9. The Balaban J connectivity index is 1.80. The second-order valence-electron chi connectivity index (χ2n) is 5.61. The number of hydrogen-bond acceptors (Lipinski definition) is 3. The standard InChI is InChI=1S/C12H20N2O/c1-11(15)5-8-14(9-6-11)10-12(2-3-12)4-7-13/h15H,2-6,8-10H2,1H3. The van der Waals surface area contributed by atoms with Crippen LogP contribution in [0.2, 0.25) is 0 Å². The summed E-state index contributed by atoms with van der Waals surface area (Å²) in [4.78, 5) is 2.42. The van der Waals surface area contributed by atoms with Gasteiger partial charge in [0, 0.05) is 26.1 Å². The maximum absolute atomic E-state index is 9.83. The highest BCUT2D eigenvalue weighted by Crippen LogP contribution is 2.49. The van der Waals surface area contributed by atoms with Gasteiger partial charge in [0.15, 0.2) is 0 Å². The van der Waals surface area contributed by atoms with Gasteiger partial charge in [0.1, 0.15) is 0 Å². The van der Waals surface area contributed by atoms with Gasteiger partial charge in [-0.1, -0.05) is 0 Å². The van der Waals surface area contributed by atoms with E-state index in [4.69, 9.17) is 5.26 Å². The van der Waals surface area contributed by atoms with Crippen LogP contribution in [0.15, 0.2) is 0 Å². The van der Waals surface area contributed by atoms with E-state index in [1.165, 1.54) is 12.8 Å². The van der Waals surface area contributed by atoms with Crippen molar-refractivity contribution in [1.29, 1.82) is 5.26 Å². The Labute approximate surface area is 91.7 Å². The Hall–Kier alpha value is -0.590. The van der Waals surface area contributed by atoms with Crippen molar-refractivity contribution in [3.63, 3.8) is 0 Å². The van der Waals surface area contributed by atoms with Crippen molar-refractivity contribution < 1.29 is 5.11 Å². The molecule has 0 amide bonds. The fourth-order valence-corrected chi connectivity index (χ4v) is 2.40. The molecule has 2 rings (SSSR count). The van der Waals surface area contributed by atoms with Crippen LogP contribution >= 0.6 is 0 Å². The van der Waals surface area contributed by atoms with Crippen molar-refractivity contribution in [1.82, 2.24) is 4.90 Å². The summed E-state index contributed by atoms with van der Waals surface area (Å²) >= 11 is 0. The van der Waals surface area contributed by atoms with E-state index in [1.807, 2.05) is 6.92 Å². The SMILES string of the molecule is CC1(O)CCN(CC2(CC#N)CC2)CC1. The number of nitriles is 1. The minimum absolute atomic E-state index is 0.317. The molecule has 1 aliphatic heterocycles. The lowest BCUT2D eigenvalue weighted by molar-refractivity contribution is -0.00974. The Morgan fingerprint density at radius 3 is 2.33 bits per heavy atom. The molecule has 0 aromatic heterocycles. The summed E-state index contributed by atoms with van der Waals surface area (Å²) in [6.45, 7) is 4.96. The van der Waals surface area contributed by atoms with Crippen LogP contribution in [0.25, 0.3) is 0 Å². The van der Waals surface area contributed by atoms with E-state index in [2.05, 4.69) is 11.0 Å². The predicted molar refractivity (Wildman–Crippen MR) is 58.2 cm³/mol. The molecule has 0 aromatic carbocycles. The van der Waals surface area contributed by atoms with Crippen molar-refractivity contribution >= 4 is 0 Å². The van der Waals surface area contributed by atoms with E-state index in [-0.39, 0.29) is 0 Å². The molecule has 1 saturated heterocycles. The molecule has 0 spiro atoms. The summed E-state index contributed by atoms with van der Waals surface area (Å²) in [5.74, 6) is 0. The Morgan fingerprint density at radius 2 is 1.87 bits per heavy atom. The average Bonchev–Trinajstić information content (AvgIpc) is 2.90. The number of rotatable bonds is 3. The first-order chi connectivity index (χ1) is 7.05. The largest absolute Gasteiger partial charge is 0.390 e. The van der Waals surface area contributed by atoms with Gasteiger partial charge in [-0.2, -0.15) is 5.26 Å². The molecule has 0 atom stereocenters. The molecule has 3 heteroatoms. The molecular weight excluding hydrogens is 188 g/mol. The highest BCUT2D eigenvalue weighted by Gasteiger charge is 2.44. The van der Waals surface area contributed by atoms with E-state index in [0.29, 0.717) is 11.8 Å². The predicted octanol–water partition coefficient (Wildman–Crippen LogP) is 1.53. The average molecular weight is 208 g/mol. The van der Waals surface area contributed by atoms with E-state index >= 15 is 0 Å². The van der Waals surface area contributed by atoms with Crippen molar-refractivity contribution in [3.05, 3.63) is 0 Å². The van der Waals surface area contributed by atoms with Crippen LogP contribution in [0.3, 0.4) is 0 Å². The second-order valence-corrected chi connectivity index (χ2v) is 5.61. The van der Waals surface area contributed by atoms with Crippen LogP contribution in [-0.2, 0) is 0 Å². The first-order valence-electron chi connectivity index (χ1n) is 5.87. The molecule has 2 fully saturated rings. The van der Waals surface area contributed by atoms with Gasteiger partial charge in [0.05, 0.1) is 11.7 Å². The summed E-state index contributed by atoms with van der Waals surface area (Å²) < 4.78 is 0. The van der Waals surface area contributed by atoms with Crippen LogP contribution in [0.1, 0.15) is 39.0 Å². The molecule has 1 heterocycles. The summed E-state index contributed by atoms with van der Waals surface area (Å²) in [5, 5.41) is 18.6. The van der Waals surface area contributed by atoms with Crippen molar-refractivity contribution in [3.8, 4) is 6.07 Å². The monoisotopic (exact) mass is 208 g/mol. The summed E-state index contributed by atoms with van der Waals surface area (Å²) in [6, 6.07) is 2.30. The van der Waals surface area contributed by atoms with Gasteiger partial charge in [0.25, 0.3) is 0 Å². The number of aliphatic hydroxyl groups is 1. The number of piperidine rings is 1. The van der Waals surface area contributed by atoms with Crippen LogP contribution in [-0.4, -0.2) is 35.2 Å². The highest BCUT2D eigenvalue weighted by atomic mass is 16.3. The third-order valence-electron chi connectivity index (χ3n) is 3.90. The first-order valence-corrected chi connectivity index (χ1v) is 5.87. The quantitative estimate of drug-likeness (QED) is 0.765. The minimum Gasteiger partial charge on any atom is -0.390 e. The lowest BCUT2D eigenvalue weighted by Gasteiger charge is -2.37. The summed E-state index contributed by atoms with van der Waals surface area (Å²) in [7, 11) is 0. The lowest BCUT2D eigenvalue weighted by Crippen LogP contribution is -2.44. The van der Waals surface area contributed by atoms with Crippen molar-refractivity contribution in [2.24, 2.45) is 5.41 Å². The van der Waals surface area contributed by atoms with Gasteiger partial charge in [0.2, 0.25) is 0 Å². The normalized spacial score (nSPS) is 28.3. The van der Waals surface area contributed by atoms with Crippen LogP contribution in [0, 0.1) is 16.7 Å². The van der Waals surface area contributed by atoms with Gasteiger partial charge in [-0.3, -0.25) is 0 Å². The zero-order chi connectivity index (χ0) is 10.9. The van der Waals surface area contributed by atoms with Gasteiger partial charge in [-0.25, -0.2) is 0 Å². The van der Waals surface area contributed by atoms with Gasteiger partial charge < -0.3 is 10.0 Å². The van der Waals surface area contributed by atoms with Crippen LogP contribution in [0.5, 0.6) is 0 Å². The molecule has 0 bridgehead atoms. The Bertz CT molecular complexity index is 266. The second kappa shape index (κ2) is 3.77. The summed E-state index contributed by atoms with van der Waals surface area (Å²) in [5.41, 5.74) is -0.139. The minimum atomic E-state index is -0.456. The molecule has 1 aliphatic carbocycles. The molecule has 0 radical (unpaired) electrons. The molecule has 15 heavy (non-hydrogen) atoms. The number of likely N-dealkylation sites (tertiary alicyclic amines) is 1. The zero-order valence-corrected chi connectivity index (χ0v) is 9.50. The smallest absolute Gasteiger partial charge is 0.0644 e. The number of nitrogens with zero attached hydrogens (tertiary/aromatic N) is 2. The molecule has 2 aliphatic rings. The fourth-order valence-electron chi connectivity index (χ4n) is 2.40. The third-order valence-corrected chi connectivity index (χ3v) is 3.90.